The Kier molecular flexibility index (Phi) is 7.69. The summed E-state index contributed by atoms with van der Waals surface area (Å²) in [4.78, 5) is 1.18. The van der Waals surface area contributed by atoms with Gasteiger partial charge in [-0.15, -0.1) is 23.2 Å². The molecule has 2 N–H and O–H groups in total. The lowest BCUT2D eigenvalue weighted by molar-refractivity contribution is 0.0300. The van der Waals surface area contributed by atoms with Gasteiger partial charge in [-0.3, -0.25) is 0 Å². The summed E-state index contributed by atoms with van der Waals surface area (Å²) in [7, 11) is 0. The van der Waals surface area contributed by atoms with Gasteiger partial charge in [-0.05, 0) is 18.4 Å². The third-order valence-electron chi connectivity index (χ3n) is 2.12. The number of aliphatic hydroxyl groups excluding tert-OH is 1. The van der Waals surface area contributed by atoms with E-state index in [0.29, 0.717) is 19.8 Å². The van der Waals surface area contributed by atoms with E-state index in [1.807, 2.05) is 24.4 Å². The minimum Gasteiger partial charge on any atom is -0.389 e. The minimum absolute atomic E-state index is 0.365. The Hall–Kier alpha value is -0.860. The molecule has 0 amide bonds. The largest absolute Gasteiger partial charge is 0.389 e. The molecule has 1 heterocycles. The molecule has 0 fully saturated rings. The van der Waals surface area contributed by atoms with Crippen LogP contribution in [0.2, 0.25) is 0 Å². The zero-order chi connectivity index (χ0) is 12.3. The topological polar surface area (TPSA) is 41.5 Å². The van der Waals surface area contributed by atoms with Crippen LogP contribution in [0.25, 0.3) is 0 Å². The Balaban J connectivity index is 1.97. The molecule has 3 nitrogen and oxygen atoms in total. The fourth-order valence-electron chi connectivity index (χ4n) is 1.29. The summed E-state index contributed by atoms with van der Waals surface area (Å²) in [5.74, 6) is 5.79. The van der Waals surface area contributed by atoms with Crippen molar-refractivity contribution in [3.63, 3.8) is 0 Å². The maximum atomic E-state index is 9.61. The zero-order valence-electron chi connectivity index (χ0n) is 10.1. The van der Waals surface area contributed by atoms with E-state index in [2.05, 4.69) is 17.2 Å². The number of hydrogen-bond acceptors (Lipinski definition) is 4. The number of aliphatic hydroxyl groups is 1. The maximum absolute atomic E-state index is 9.61. The van der Waals surface area contributed by atoms with E-state index in [9.17, 15) is 5.11 Å². The van der Waals surface area contributed by atoms with Crippen LogP contribution in [-0.4, -0.2) is 30.9 Å². The third kappa shape index (κ3) is 7.14. The first kappa shape index (κ1) is 14.2. The van der Waals surface area contributed by atoms with Crippen molar-refractivity contribution in [3.8, 4) is 11.8 Å². The highest BCUT2D eigenvalue weighted by molar-refractivity contribution is 7.09. The minimum atomic E-state index is -0.454. The number of ether oxygens (including phenoxy) is 1. The SMILES string of the molecule is CC#CCCNCC(O)COCc1cccs1. The van der Waals surface area contributed by atoms with E-state index in [4.69, 9.17) is 4.74 Å². The van der Waals surface area contributed by atoms with Crippen molar-refractivity contribution < 1.29 is 9.84 Å². The van der Waals surface area contributed by atoms with E-state index >= 15 is 0 Å². The van der Waals surface area contributed by atoms with Crippen LogP contribution in [0.3, 0.4) is 0 Å². The van der Waals surface area contributed by atoms with Crippen LogP contribution < -0.4 is 5.32 Å². The summed E-state index contributed by atoms with van der Waals surface area (Å²) in [5, 5.41) is 14.8. The lowest BCUT2D eigenvalue weighted by atomic mass is 10.3. The molecule has 1 unspecified atom stereocenters. The highest BCUT2D eigenvalue weighted by atomic mass is 32.1. The smallest absolute Gasteiger partial charge is 0.0897 e. The molecule has 0 aliphatic rings. The molecule has 0 aromatic carbocycles. The Bertz CT molecular complexity index is 340. The highest BCUT2D eigenvalue weighted by Gasteiger charge is 2.03. The molecule has 0 radical (unpaired) electrons. The molecule has 94 valence electrons. The van der Waals surface area contributed by atoms with Gasteiger partial charge in [0.1, 0.15) is 0 Å². The normalized spacial score (nSPS) is 11.9. The van der Waals surface area contributed by atoms with Gasteiger partial charge in [0, 0.05) is 24.4 Å². The predicted octanol–water partition coefficient (Wildman–Crippen LogP) is 1.63. The zero-order valence-corrected chi connectivity index (χ0v) is 10.9. The summed E-state index contributed by atoms with van der Waals surface area (Å²) in [6.07, 6.45) is 0.365. The van der Waals surface area contributed by atoms with Crippen molar-refractivity contribution in [3.05, 3.63) is 22.4 Å². The fraction of sp³-hybridized carbons (Fsp3) is 0.538. The fourth-order valence-corrected chi connectivity index (χ4v) is 1.93. The van der Waals surface area contributed by atoms with E-state index < -0.39 is 6.10 Å². The lowest BCUT2D eigenvalue weighted by Gasteiger charge is -2.11. The second-order valence-electron chi connectivity index (χ2n) is 3.63. The van der Waals surface area contributed by atoms with Gasteiger partial charge in [-0.1, -0.05) is 6.07 Å². The van der Waals surface area contributed by atoms with Crippen molar-refractivity contribution in [2.45, 2.75) is 26.1 Å². The molecule has 1 rings (SSSR count). The van der Waals surface area contributed by atoms with Crippen LogP contribution in [0.15, 0.2) is 17.5 Å². The Morgan fingerprint density at radius 3 is 3.18 bits per heavy atom. The van der Waals surface area contributed by atoms with Crippen LogP contribution in [0.1, 0.15) is 18.2 Å². The standard InChI is InChI=1S/C13H19NO2S/c1-2-3-4-7-14-9-12(15)10-16-11-13-6-5-8-17-13/h5-6,8,12,14-15H,4,7,9-11H2,1H3. The van der Waals surface area contributed by atoms with E-state index in [-0.39, 0.29) is 0 Å². The quantitative estimate of drug-likeness (QED) is 0.546. The van der Waals surface area contributed by atoms with Gasteiger partial charge < -0.3 is 15.2 Å². The van der Waals surface area contributed by atoms with Crippen molar-refractivity contribution in [1.29, 1.82) is 0 Å². The first-order chi connectivity index (χ1) is 8.33. The number of rotatable bonds is 8. The molecule has 0 bridgehead atoms. The van der Waals surface area contributed by atoms with Crippen LogP contribution in [0.4, 0.5) is 0 Å². The van der Waals surface area contributed by atoms with Gasteiger partial charge in [0.05, 0.1) is 19.3 Å². The first-order valence-electron chi connectivity index (χ1n) is 5.71. The number of hydrogen-bond donors (Lipinski definition) is 2. The van der Waals surface area contributed by atoms with Crippen LogP contribution in [-0.2, 0) is 11.3 Å². The molecule has 0 aliphatic carbocycles. The van der Waals surface area contributed by atoms with Crippen molar-refractivity contribution in [2.24, 2.45) is 0 Å². The number of nitrogens with one attached hydrogen (secondary N) is 1. The third-order valence-corrected chi connectivity index (χ3v) is 2.97. The molecular weight excluding hydrogens is 234 g/mol. The first-order valence-corrected chi connectivity index (χ1v) is 6.59. The second-order valence-corrected chi connectivity index (χ2v) is 4.66. The van der Waals surface area contributed by atoms with Gasteiger partial charge in [-0.2, -0.15) is 0 Å². The van der Waals surface area contributed by atoms with Gasteiger partial charge >= 0.3 is 0 Å². The summed E-state index contributed by atoms with van der Waals surface area (Å²) < 4.78 is 5.41. The maximum Gasteiger partial charge on any atom is 0.0897 e. The molecule has 17 heavy (non-hydrogen) atoms. The Morgan fingerprint density at radius 1 is 1.59 bits per heavy atom. The van der Waals surface area contributed by atoms with Crippen LogP contribution >= 0.6 is 11.3 Å². The monoisotopic (exact) mass is 253 g/mol. The molecule has 4 heteroatoms. The average molecular weight is 253 g/mol. The molecule has 1 aromatic rings. The van der Waals surface area contributed by atoms with Crippen molar-refractivity contribution in [2.75, 3.05) is 19.7 Å². The Morgan fingerprint density at radius 2 is 2.47 bits per heavy atom. The molecular formula is C13H19NO2S. The molecule has 0 spiro atoms. The molecule has 1 aromatic heterocycles. The van der Waals surface area contributed by atoms with Crippen LogP contribution in [0.5, 0.6) is 0 Å². The van der Waals surface area contributed by atoms with Gasteiger partial charge in [0.2, 0.25) is 0 Å². The summed E-state index contributed by atoms with van der Waals surface area (Å²) >= 11 is 1.66. The number of thiophene rings is 1. The highest BCUT2D eigenvalue weighted by Crippen LogP contribution is 2.09. The van der Waals surface area contributed by atoms with Gasteiger partial charge in [0.25, 0.3) is 0 Å². The van der Waals surface area contributed by atoms with Crippen molar-refractivity contribution in [1.82, 2.24) is 5.32 Å². The molecule has 1 atom stereocenters. The van der Waals surface area contributed by atoms with Crippen LogP contribution in [0, 0.1) is 11.8 Å². The molecule has 0 saturated carbocycles. The predicted molar refractivity (Wildman–Crippen MR) is 70.9 cm³/mol. The van der Waals surface area contributed by atoms with Gasteiger partial charge in [-0.25, -0.2) is 0 Å². The van der Waals surface area contributed by atoms with Gasteiger partial charge in [0.15, 0.2) is 0 Å². The van der Waals surface area contributed by atoms with E-state index in [1.165, 1.54) is 4.88 Å². The van der Waals surface area contributed by atoms with E-state index in [0.717, 1.165) is 13.0 Å². The molecule has 0 aliphatic heterocycles. The molecule has 0 saturated heterocycles. The van der Waals surface area contributed by atoms with E-state index in [1.54, 1.807) is 11.3 Å². The Labute approximate surface area is 107 Å². The second kappa shape index (κ2) is 9.20. The lowest BCUT2D eigenvalue weighted by Crippen LogP contribution is -2.30. The summed E-state index contributed by atoms with van der Waals surface area (Å²) in [6.45, 7) is 4.13. The summed E-state index contributed by atoms with van der Waals surface area (Å²) in [6, 6.07) is 4.02. The average Bonchev–Trinajstić information content (AvgIpc) is 2.82. The van der Waals surface area contributed by atoms with Crippen molar-refractivity contribution >= 4 is 11.3 Å². The summed E-state index contributed by atoms with van der Waals surface area (Å²) in [5.41, 5.74) is 0.